The molecule has 0 aliphatic carbocycles. The van der Waals surface area contributed by atoms with Crippen LogP contribution >= 0.6 is 0 Å². The van der Waals surface area contributed by atoms with Gasteiger partial charge in [-0.05, 0) is 43.7 Å². The fraction of sp³-hybridized carbons (Fsp3) is 0.333. The van der Waals surface area contributed by atoms with E-state index in [4.69, 9.17) is 9.15 Å². The molecule has 134 valence electrons. The first-order chi connectivity index (χ1) is 11.8. The summed E-state index contributed by atoms with van der Waals surface area (Å²) in [6.45, 7) is 3.32. The maximum Gasteiger partial charge on any atom is 0.313 e. The molecule has 2 rings (SSSR count). The molecule has 2 aromatic rings. The van der Waals surface area contributed by atoms with E-state index in [2.05, 4.69) is 10.6 Å². The van der Waals surface area contributed by atoms with Crippen molar-refractivity contribution in [3.05, 3.63) is 47.9 Å². The molecule has 1 aromatic heterocycles. The maximum atomic E-state index is 12.0. The molecular weight excluding hydrogens is 324 g/mol. The summed E-state index contributed by atoms with van der Waals surface area (Å²) < 4.78 is 10.3. The number of rotatable bonds is 6. The van der Waals surface area contributed by atoms with Gasteiger partial charge in [0.15, 0.2) is 0 Å². The van der Waals surface area contributed by atoms with Crippen LogP contribution in [0, 0.1) is 6.92 Å². The monoisotopic (exact) mass is 346 g/mol. The highest BCUT2D eigenvalue weighted by molar-refractivity contribution is 6.39. The number of amides is 2. The SMILES string of the molecule is COc1ccc(C)cc1NC(=O)C(=O)NCC(C)(O)Cc1ccco1. The minimum absolute atomic E-state index is 0.0924. The minimum Gasteiger partial charge on any atom is -0.495 e. The number of nitrogens with one attached hydrogen (secondary N) is 2. The van der Waals surface area contributed by atoms with E-state index in [-0.39, 0.29) is 13.0 Å². The van der Waals surface area contributed by atoms with Gasteiger partial charge in [0.25, 0.3) is 0 Å². The average Bonchev–Trinajstić information content (AvgIpc) is 3.05. The number of aliphatic hydroxyl groups is 1. The zero-order chi connectivity index (χ0) is 18.4. The Labute approximate surface area is 146 Å². The molecule has 7 nitrogen and oxygen atoms in total. The highest BCUT2D eigenvalue weighted by Gasteiger charge is 2.25. The molecular formula is C18H22N2O5. The lowest BCUT2D eigenvalue weighted by atomic mass is 10.0. The van der Waals surface area contributed by atoms with Gasteiger partial charge in [-0.1, -0.05) is 6.07 Å². The number of hydrogen-bond donors (Lipinski definition) is 3. The van der Waals surface area contributed by atoms with Crippen molar-refractivity contribution in [1.29, 1.82) is 0 Å². The molecule has 0 aliphatic heterocycles. The largest absolute Gasteiger partial charge is 0.495 e. The Bertz CT molecular complexity index is 738. The lowest BCUT2D eigenvalue weighted by molar-refractivity contribution is -0.136. The number of aryl methyl sites for hydroxylation is 1. The van der Waals surface area contributed by atoms with Gasteiger partial charge in [-0.15, -0.1) is 0 Å². The third-order valence-electron chi connectivity index (χ3n) is 3.57. The van der Waals surface area contributed by atoms with Crippen molar-refractivity contribution in [2.45, 2.75) is 25.9 Å². The van der Waals surface area contributed by atoms with E-state index in [0.29, 0.717) is 17.2 Å². The molecule has 0 saturated heterocycles. The summed E-state index contributed by atoms with van der Waals surface area (Å²) in [5.41, 5.74) is 0.0809. The molecule has 0 aliphatic rings. The molecule has 1 atom stereocenters. The fourth-order valence-corrected chi connectivity index (χ4v) is 2.30. The second-order valence-electron chi connectivity index (χ2n) is 6.09. The first kappa shape index (κ1) is 18.5. The Morgan fingerprint density at radius 2 is 2.04 bits per heavy atom. The van der Waals surface area contributed by atoms with Gasteiger partial charge >= 0.3 is 11.8 Å². The third-order valence-corrected chi connectivity index (χ3v) is 3.57. The second kappa shape index (κ2) is 7.85. The Morgan fingerprint density at radius 3 is 2.68 bits per heavy atom. The van der Waals surface area contributed by atoms with E-state index in [1.165, 1.54) is 13.4 Å². The summed E-state index contributed by atoms with van der Waals surface area (Å²) in [5, 5.41) is 15.2. The lowest BCUT2D eigenvalue weighted by Gasteiger charge is -2.22. The zero-order valence-electron chi connectivity index (χ0n) is 14.5. The van der Waals surface area contributed by atoms with E-state index in [9.17, 15) is 14.7 Å². The van der Waals surface area contributed by atoms with Crippen molar-refractivity contribution in [2.24, 2.45) is 0 Å². The van der Waals surface area contributed by atoms with Gasteiger partial charge in [-0.3, -0.25) is 9.59 Å². The van der Waals surface area contributed by atoms with Crippen LogP contribution in [-0.4, -0.2) is 36.2 Å². The van der Waals surface area contributed by atoms with Crippen LogP contribution in [0.25, 0.3) is 0 Å². The first-order valence-electron chi connectivity index (χ1n) is 7.79. The Morgan fingerprint density at radius 1 is 1.28 bits per heavy atom. The van der Waals surface area contributed by atoms with Crippen molar-refractivity contribution >= 4 is 17.5 Å². The summed E-state index contributed by atoms with van der Waals surface area (Å²) in [5.74, 6) is -0.634. The van der Waals surface area contributed by atoms with Gasteiger partial charge < -0.3 is 24.9 Å². The Hall–Kier alpha value is -2.80. The standard InChI is InChI=1S/C18H22N2O5/c1-12-6-7-15(24-3)14(9-12)20-17(22)16(21)19-11-18(2,23)10-13-5-4-8-25-13/h4-9,23H,10-11H2,1-3H3,(H,19,21)(H,20,22). The van der Waals surface area contributed by atoms with E-state index in [0.717, 1.165) is 5.56 Å². The maximum absolute atomic E-state index is 12.0. The van der Waals surface area contributed by atoms with Gasteiger partial charge in [-0.25, -0.2) is 0 Å². The molecule has 1 heterocycles. The quantitative estimate of drug-likeness (QED) is 0.691. The van der Waals surface area contributed by atoms with Crippen LogP contribution in [0.5, 0.6) is 5.75 Å². The van der Waals surface area contributed by atoms with E-state index >= 15 is 0 Å². The van der Waals surface area contributed by atoms with Crippen molar-refractivity contribution in [3.63, 3.8) is 0 Å². The Kier molecular flexibility index (Phi) is 5.82. The Balaban J connectivity index is 1.92. The van der Waals surface area contributed by atoms with Gasteiger partial charge in [0.1, 0.15) is 11.5 Å². The van der Waals surface area contributed by atoms with Crippen molar-refractivity contribution in [2.75, 3.05) is 19.0 Å². The zero-order valence-corrected chi connectivity index (χ0v) is 14.5. The summed E-state index contributed by atoms with van der Waals surface area (Å²) in [6.07, 6.45) is 1.72. The van der Waals surface area contributed by atoms with Crippen molar-refractivity contribution < 1.29 is 23.8 Å². The molecule has 7 heteroatoms. The minimum atomic E-state index is -1.24. The molecule has 25 heavy (non-hydrogen) atoms. The fourth-order valence-electron chi connectivity index (χ4n) is 2.30. The van der Waals surface area contributed by atoms with Crippen LogP contribution in [0.15, 0.2) is 41.0 Å². The summed E-state index contributed by atoms with van der Waals surface area (Å²) in [4.78, 5) is 24.0. The number of ether oxygens (including phenoxy) is 1. The third kappa shape index (κ3) is 5.36. The normalized spacial score (nSPS) is 13.0. The average molecular weight is 346 g/mol. The number of benzene rings is 1. The van der Waals surface area contributed by atoms with Crippen LogP contribution < -0.4 is 15.4 Å². The molecule has 1 aromatic carbocycles. The molecule has 1 unspecified atom stereocenters. The van der Waals surface area contributed by atoms with Crippen LogP contribution in [0.4, 0.5) is 5.69 Å². The summed E-state index contributed by atoms with van der Waals surface area (Å²) >= 11 is 0. The summed E-state index contributed by atoms with van der Waals surface area (Å²) in [7, 11) is 1.48. The van der Waals surface area contributed by atoms with Crippen LogP contribution in [0.2, 0.25) is 0 Å². The first-order valence-corrected chi connectivity index (χ1v) is 7.79. The van der Waals surface area contributed by atoms with E-state index < -0.39 is 17.4 Å². The van der Waals surface area contributed by atoms with Gasteiger partial charge in [-0.2, -0.15) is 0 Å². The van der Waals surface area contributed by atoms with Crippen LogP contribution in [0.3, 0.4) is 0 Å². The number of hydrogen-bond acceptors (Lipinski definition) is 5. The number of carbonyl (C=O) groups is 2. The van der Waals surface area contributed by atoms with Gasteiger partial charge in [0.05, 0.1) is 24.7 Å². The number of anilines is 1. The van der Waals surface area contributed by atoms with Crippen LogP contribution in [0.1, 0.15) is 18.2 Å². The van der Waals surface area contributed by atoms with E-state index in [1.807, 2.05) is 13.0 Å². The topological polar surface area (TPSA) is 101 Å². The summed E-state index contributed by atoms with van der Waals surface area (Å²) in [6, 6.07) is 8.69. The molecule has 3 N–H and O–H groups in total. The number of furan rings is 1. The van der Waals surface area contributed by atoms with Gasteiger partial charge in [0, 0.05) is 13.0 Å². The van der Waals surface area contributed by atoms with Crippen molar-refractivity contribution in [1.82, 2.24) is 5.32 Å². The molecule has 0 bridgehead atoms. The predicted molar refractivity (Wildman–Crippen MR) is 92.4 cm³/mol. The molecule has 0 radical (unpaired) electrons. The molecule has 0 fully saturated rings. The highest BCUT2D eigenvalue weighted by Crippen LogP contribution is 2.25. The molecule has 2 amide bonds. The van der Waals surface area contributed by atoms with Crippen molar-refractivity contribution in [3.8, 4) is 5.75 Å². The van der Waals surface area contributed by atoms with Gasteiger partial charge in [0.2, 0.25) is 0 Å². The predicted octanol–water partition coefficient (Wildman–Crippen LogP) is 1.65. The number of carbonyl (C=O) groups excluding carboxylic acids is 2. The highest BCUT2D eigenvalue weighted by atomic mass is 16.5. The number of methoxy groups -OCH3 is 1. The smallest absolute Gasteiger partial charge is 0.313 e. The van der Waals surface area contributed by atoms with E-state index in [1.54, 1.807) is 31.2 Å². The molecule has 0 saturated carbocycles. The second-order valence-corrected chi connectivity index (χ2v) is 6.09. The lowest BCUT2D eigenvalue weighted by Crippen LogP contribution is -2.45. The molecule has 0 spiro atoms. The van der Waals surface area contributed by atoms with Crippen LogP contribution in [-0.2, 0) is 16.0 Å².